The number of carbonyl (C=O) groups is 3. The first-order chi connectivity index (χ1) is 16.2. The largest absolute Gasteiger partial charge is 0.465 e. The molecule has 2 aromatic carbocycles. The van der Waals surface area contributed by atoms with Crippen molar-refractivity contribution in [1.29, 1.82) is 5.26 Å². The maximum atomic E-state index is 14.0. The van der Waals surface area contributed by atoms with Gasteiger partial charge in [0.05, 0.1) is 30.5 Å². The molecule has 2 heterocycles. The predicted octanol–water partition coefficient (Wildman–Crippen LogP) is 3.66. The third-order valence-corrected chi connectivity index (χ3v) is 6.77. The van der Waals surface area contributed by atoms with Crippen molar-refractivity contribution >= 4 is 46.8 Å². The number of ether oxygens (including phenoxy) is 1. The van der Waals surface area contributed by atoms with E-state index in [0.29, 0.717) is 22.2 Å². The van der Waals surface area contributed by atoms with E-state index in [4.69, 9.17) is 27.9 Å². The highest BCUT2D eigenvalue weighted by Crippen LogP contribution is 2.46. The first-order valence-electron chi connectivity index (χ1n) is 10.7. The summed E-state index contributed by atoms with van der Waals surface area (Å²) >= 11 is 12.3. The molecule has 0 aromatic heterocycles. The molecule has 8 nitrogen and oxygen atoms in total. The third kappa shape index (κ3) is 4.00. The fourth-order valence-electron chi connectivity index (χ4n) is 4.80. The molecule has 0 bridgehead atoms. The summed E-state index contributed by atoms with van der Waals surface area (Å²) in [6.45, 7) is 2.45. The number of amides is 3. The lowest BCUT2D eigenvalue weighted by Crippen LogP contribution is -2.53. The second-order valence-electron chi connectivity index (χ2n) is 8.30. The van der Waals surface area contributed by atoms with Gasteiger partial charge in [-0.1, -0.05) is 35.3 Å². The average Bonchev–Trinajstić information content (AvgIpc) is 3.25. The van der Waals surface area contributed by atoms with Gasteiger partial charge in [-0.15, -0.1) is 0 Å². The number of likely N-dealkylation sites (N-methyl/N-ethyl adjacent to an activating group) is 1. The van der Waals surface area contributed by atoms with Crippen LogP contribution in [0.4, 0.5) is 10.5 Å². The fourth-order valence-corrected chi connectivity index (χ4v) is 5.32. The van der Waals surface area contributed by atoms with E-state index in [2.05, 4.69) is 6.07 Å². The molecule has 34 heavy (non-hydrogen) atoms. The van der Waals surface area contributed by atoms with Crippen LogP contribution in [0.1, 0.15) is 24.0 Å². The van der Waals surface area contributed by atoms with Crippen LogP contribution in [-0.2, 0) is 14.3 Å². The van der Waals surface area contributed by atoms with Crippen LogP contribution in [0.15, 0.2) is 42.5 Å². The van der Waals surface area contributed by atoms with E-state index >= 15 is 0 Å². The summed E-state index contributed by atoms with van der Waals surface area (Å²) in [5.74, 6) is -1.29. The van der Waals surface area contributed by atoms with Crippen LogP contribution in [0.3, 0.4) is 0 Å². The van der Waals surface area contributed by atoms with Crippen LogP contribution in [-0.4, -0.2) is 66.5 Å². The number of benzene rings is 2. The Bertz CT molecular complexity index is 1180. The summed E-state index contributed by atoms with van der Waals surface area (Å²) in [6.07, 6.45) is 0. The van der Waals surface area contributed by atoms with Gasteiger partial charge in [-0.3, -0.25) is 14.5 Å². The number of nitrogens with zero attached hydrogens (tertiary/aromatic N) is 4. The topological polar surface area (TPSA) is 94.0 Å². The van der Waals surface area contributed by atoms with Gasteiger partial charge in [0.25, 0.3) is 5.91 Å². The number of imide groups is 1. The van der Waals surface area contributed by atoms with Gasteiger partial charge in [0.1, 0.15) is 5.54 Å². The standard InChI is InChI=1S/C24H22Cl2N4O4/c1-3-34-21(31)13-29-12-20(16-6-4-15(11-27)5-7-16)24(14-29)22(32)30(23(33)28(24)2)19-9-17(25)8-18(26)10-19/h4-10,20H,3,12-14H2,1-2H3/t20-,24+/m0/s1. The zero-order chi connectivity index (χ0) is 24.6. The maximum absolute atomic E-state index is 14.0. The molecule has 2 fully saturated rings. The molecule has 176 valence electrons. The second kappa shape index (κ2) is 9.26. The summed E-state index contributed by atoms with van der Waals surface area (Å²) in [7, 11) is 1.58. The van der Waals surface area contributed by atoms with Crippen LogP contribution < -0.4 is 4.90 Å². The first-order valence-corrected chi connectivity index (χ1v) is 11.4. The smallest absolute Gasteiger partial charge is 0.332 e. The third-order valence-electron chi connectivity index (χ3n) is 6.34. The molecule has 0 aliphatic carbocycles. The van der Waals surface area contributed by atoms with E-state index < -0.39 is 29.4 Å². The molecular formula is C24H22Cl2N4O4. The quantitative estimate of drug-likeness (QED) is 0.459. The van der Waals surface area contributed by atoms with Gasteiger partial charge in [-0.05, 0) is 42.8 Å². The van der Waals surface area contributed by atoms with Crippen molar-refractivity contribution in [2.45, 2.75) is 18.4 Å². The number of nitriles is 1. The molecule has 0 unspecified atom stereocenters. The molecule has 2 aromatic rings. The van der Waals surface area contributed by atoms with Gasteiger partial charge in [-0.25, -0.2) is 9.69 Å². The zero-order valence-corrected chi connectivity index (χ0v) is 20.1. The van der Waals surface area contributed by atoms with Crippen LogP contribution in [0.25, 0.3) is 0 Å². The van der Waals surface area contributed by atoms with E-state index in [1.807, 2.05) is 4.90 Å². The lowest BCUT2D eigenvalue weighted by Gasteiger charge is -2.34. The van der Waals surface area contributed by atoms with Gasteiger partial charge in [-0.2, -0.15) is 5.26 Å². The Labute approximate surface area is 207 Å². The molecular weight excluding hydrogens is 479 g/mol. The number of hydrogen-bond acceptors (Lipinski definition) is 6. The Morgan fingerprint density at radius 3 is 2.41 bits per heavy atom. The Kier molecular flexibility index (Phi) is 6.54. The normalized spacial score (nSPS) is 22.5. The highest BCUT2D eigenvalue weighted by Gasteiger charge is 2.64. The SMILES string of the molecule is CCOC(=O)CN1C[C@@H](c2ccc(C#N)cc2)[C@]2(C1)C(=O)N(c1cc(Cl)cc(Cl)c1)C(=O)N2C. The monoisotopic (exact) mass is 500 g/mol. The Morgan fingerprint density at radius 1 is 1.18 bits per heavy atom. The molecule has 1 spiro atoms. The number of hydrogen-bond donors (Lipinski definition) is 0. The molecule has 2 atom stereocenters. The Balaban J connectivity index is 1.78. The first kappa shape index (κ1) is 24.0. The average molecular weight is 501 g/mol. The number of esters is 1. The van der Waals surface area contributed by atoms with E-state index in [1.165, 1.54) is 23.1 Å². The molecule has 0 saturated carbocycles. The fraction of sp³-hybridized carbons (Fsp3) is 0.333. The van der Waals surface area contributed by atoms with Crippen molar-refractivity contribution in [3.8, 4) is 6.07 Å². The highest BCUT2D eigenvalue weighted by atomic mass is 35.5. The van der Waals surface area contributed by atoms with Gasteiger partial charge in [0.2, 0.25) is 0 Å². The van der Waals surface area contributed by atoms with Crippen LogP contribution in [0, 0.1) is 11.3 Å². The number of urea groups is 1. The number of halogens is 2. The minimum atomic E-state index is -1.27. The number of carbonyl (C=O) groups excluding carboxylic acids is 3. The Morgan fingerprint density at radius 2 is 1.82 bits per heavy atom. The van der Waals surface area contributed by atoms with Crippen molar-refractivity contribution in [3.05, 3.63) is 63.6 Å². The van der Waals surface area contributed by atoms with Crippen molar-refractivity contribution in [1.82, 2.24) is 9.80 Å². The molecule has 0 radical (unpaired) electrons. The van der Waals surface area contributed by atoms with Crippen molar-refractivity contribution in [2.75, 3.05) is 38.2 Å². The molecule has 2 aliphatic rings. The lowest BCUT2D eigenvalue weighted by molar-refractivity contribution is -0.144. The van der Waals surface area contributed by atoms with Crippen LogP contribution in [0.2, 0.25) is 10.0 Å². The van der Waals surface area contributed by atoms with Crippen molar-refractivity contribution < 1.29 is 19.1 Å². The van der Waals surface area contributed by atoms with Crippen molar-refractivity contribution in [2.24, 2.45) is 0 Å². The molecule has 0 N–H and O–H groups in total. The van der Waals surface area contributed by atoms with Crippen LogP contribution in [0.5, 0.6) is 0 Å². The van der Waals surface area contributed by atoms with Gasteiger partial charge >= 0.3 is 12.0 Å². The van der Waals surface area contributed by atoms with Crippen molar-refractivity contribution in [3.63, 3.8) is 0 Å². The summed E-state index contributed by atoms with van der Waals surface area (Å²) in [5.41, 5.74) is 0.270. The van der Waals surface area contributed by atoms with Crippen LogP contribution >= 0.6 is 23.2 Å². The van der Waals surface area contributed by atoms with E-state index in [0.717, 1.165) is 10.5 Å². The molecule has 3 amide bonds. The van der Waals surface area contributed by atoms with Gasteiger partial charge in [0.15, 0.2) is 0 Å². The molecule has 10 heteroatoms. The summed E-state index contributed by atoms with van der Waals surface area (Å²) < 4.78 is 5.10. The number of likely N-dealkylation sites (tertiary alicyclic amines) is 1. The van der Waals surface area contributed by atoms with E-state index in [9.17, 15) is 19.6 Å². The lowest BCUT2D eigenvalue weighted by atomic mass is 9.80. The zero-order valence-electron chi connectivity index (χ0n) is 18.6. The Hall–Kier alpha value is -3.12. The van der Waals surface area contributed by atoms with Gasteiger partial charge < -0.3 is 9.64 Å². The second-order valence-corrected chi connectivity index (χ2v) is 9.17. The van der Waals surface area contributed by atoms with E-state index in [1.54, 1.807) is 38.2 Å². The highest BCUT2D eigenvalue weighted by molar-refractivity contribution is 6.35. The number of rotatable bonds is 5. The number of anilines is 1. The minimum Gasteiger partial charge on any atom is -0.465 e. The summed E-state index contributed by atoms with van der Waals surface area (Å²) in [5, 5.41) is 9.76. The predicted molar refractivity (Wildman–Crippen MR) is 127 cm³/mol. The summed E-state index contributed by atoms with van der Waals surface area (Å²) in [4.78, 5) is 44.0. The molecule has 2 aliphatic heterocycles. The van der Waals surface area contributed by atoms with E-state index in [-0.39, 0.29) is 25.4 Å². The minimum absolute atomic E-state index is 0.0132. The molecule has 4 rings (SSSR count). The maximum Gasteiger partial charge on any atom is 0.332 e. The summed E-state index contributed by atoms with van der Waals surface area (Å²) in [6, 6.07) is 13.0. The molecule has 2 saturated heterocycles. The van der Waals surface area contributed by atoms with Gasteiger partial charge in [0, 0.05) is 36.1 Å².